The van der Waals surface area contributed by atoms with Gasteiger partial charge in [0.05, 0.1) is 23.0 Å². The van der Waals surface area contributed by atoms with Gasteiger partial charge in [0.25, 0.3) is 11.8 Å². The van der Waals surface area contributed by atoms with E-state index in [1.54, 1.807) is 52.9 Å². The van der Waals surface area contributed by atoms with Crippen molar-refractivity contribution in [2.24, 2.45) is 7.05 Å². The molecule has 0 atom stereocenters. The summed E-state index contributed by atoms with van der Waals surface area (Å²) in [6.45, 7) is 2.95. The van der Waals surface area contributed by atoms with E-state index in [1.165, 1.54) is 25.3 Å². The number of aromatic nitrogens is 2. The minimum atomic E-state index is -4.51. The fourth-order valence-electron chi connectivity index (χ4n) is 5.89. The molecule has 0 radical (unpaired) electrons. The summed E-state index contributed by atoms with van der Waals surface area (Å²) in [5.41, 5.74) is 1.98. The van der Waals surface area contributed by atoms with Gasteiger partial charge in [-0.2, -0.15) is 26.3 Å². The zero-order valence-electron chi connectivity index (χ0n) is 28.0. The molecule has 2 amide bonds. The first-order valence-corrected chi connectivity index (χ1v) is 16.2. The molecule has 15 heteroatoms. The van der Waals surface area contributed by atoms with Gasteiger partial charge in [0.15, 0.2) is 6.61 Å². The SMILES string of the molecule is Cc1cc(C(F)(F)F)ccc1C(=O)Nc1ccc(Oc2ccc3cc(C(=O)N4CCN(Cc5ccc(OCC(F)(F)F)cc5)CC4)n(C)c3c2)nc1. The van der Waals surface area contributed by atoms with Crippen LogP contribution in [-0.4, -0.2) is 70.1 Å². The molecule has 3 aromatic carbocycles. The molecule has 1 saturated heterocycles. The number of piperazine rings is 1. The van der Waals surface area contributed by atoms with Crippen LogP contribution in [0.15, 0.2) is 85.1 Å². The number of anilines is 1. The average Bonchev–Trinajstić information content (AvgIpc) is 3.43. The third-order valence-corrected chi connectivity index (χ3v) is 8.64. The van der Waals surface area contributed by atoms with Gasteiger partial charge in [-0.05, 0) is 72.6 Å². The summed E-state index contributed by atoms with van der Waals surface area (Å²) in [4.78, 5) is 34.5. The molecule has 3 heterocycles. The summed E-state index contributed by atoms with van der Waals surface area (Å²) in [7, 11) is 1.80. The van der Waals surface area contributed by atoms with Gasteiger partial charge in [0.2, 0.25) is 5.88 Å². The number of rotatable bonds is 9. The van der Waals surface area contributed by atoms with Crippen LogP contribution in [0.2, 0.25) is 0 Å². The highest BCUT2D eigenvalue weighted by Crippen LogP contribution is 2.31. The Morgan fingerprint density at radius 3 is 2.19 bits per heavy atom. The van der Waals surface area contributed by atoms with Gasteiger partial charge < -0.3 is 24.3 Å². The predicted molar refractivity (Wildman–Crippen MR) is 181 cm³/mol. The highest BCUT2D eigenvalue weighted by atomic mass is 19.4. The number of hydrogen-bond donors (Lipinski definition) is 1. The maximum Gasteiger partial charge on any atom is 0.422 e. The number of halogens is 6. The Bertz CT molecular complexity index is 2070. The van der Waals surface area contributed by atoms with Gasteiger partial charge in [0.1, 0.15) is 17.2 Å². The molecule has 0 aliphatic carbocycles. The van der Waals surface area contributed by atoms with Crippen LogP contribution in [0.25, 0.3) is 10.9 Å². The molecule has 1 aliphatic heterocycles. The molecule has 0 spiro atoms. The van der Waals surface area contributed by atoms with Gasteiger partial charge in [-0.25, -0.2) is 4.98 Å². The van der Waals surface area contributed by atoms with Crippen molar-refractivity contribution in [1.29, 1.82) is 0 Å². The number of carbonyl (C=O) groups is 2. The van der Waals surface area contributed by atoms with Crippen molar-refractivity contribution in [2.45, 2.75) is 25.8 Å². The number of nitrogens with zero attached hydrogens (tertiary/aromatic N) is 4. The number of benzene rings is 3. The molecule has 52 heavy (non-hydrogen) atoms. The Morgan fingerprint density at radius 1 is 0.846 bits per heavy atom. The molecule has 0 saturated carbocycles. The smallest absolute Gasteiger partial charge is 0.422 e. The molecule has 9 nitrogen and oxygen atoms in total. The Morgan fingerprint density at radius 2 is 1.56 bits per heavy atom. The number of fused-ring (bicyclic) bond motifs is 1. The van der Waals surface area contributed by atoms with Crippen LogP contribution in [0.4, 0.5) is 32.0 Å². The van der Waals surface area contributed by atoms with Crippen LogP contribution < -0.4 is 14.8 Å². The minimum absolute atomic E-state index is 0.104. The first kappa shape index (κ1) is 36.2. The van der Waals surface area contributed by atoms with E-state index in [2.05, 4.69) is 15.2 Å². The van der Waals surface area contributed by atoms with E-state index in [0.717, 1.165) is 34.7 Å². The maximum atomic E-state index is 13.5. The van der Waals surface area contributed by atoms with Crippen molar-refractivity contribution < 1.29 is 45.4 Å². The monoisotopic (exact) mass is 725 g/mol. The number of aryl methyl sites for hydroxylation is 2. The third kappa shape index (κ3) is 8.65. The number of carbonyl (C=O) groups excluding carboxylic acids is 2. The number of ether oxygens (including phenoxy) is 2. The molecule has 1 aliphatic rings. The summed E-state index contributed by atoms with van der Waals surface area (Å²) in [5, 5.41) is 3.47. The molecule has 1 fully saturated rings. The van der Waals surface area contributed by atoms with Crippen molar-refractivity contribution in [2.75, 3.05) is 38.1 Å². The fourth-order valence-corrected chi connectivity index (χ4v) is 5.89. The summed E-state index contributed by atoms with van der Waals surface area (Å²) >= 11 is 0. The average molecular weight is 726 g/mol. The van der Waals surface area contributed by atoms with Crippen LogP contribution in [0.1, 0.15) is 37.5 Å². The molecule has 272 valence electrons. The Kier molecular flexibility index (Phi) is 10.2. The molecule has 2 aromatic heterocycles. The summed E-state index contributed by atoms with van der Waals surface area (Å²) in [6, 6.07) is 19.7. The van der Waals surface area contributed by atoms with Crippen LogP contribution in [0.3, 0.4) is 0 Å². The molecule has 5 aromatic rings. The number of pyridine rings is 1. The second-order valence-electron chi connectivity index (χ2n) is 12.4. The van der Waals surface area contributed by atoms with Gasteiger partial charge >= 0.3 is 12.4 Å². The molecule has 6 rings (SSSR count). The number of amides is 2. The zero-order valence-corrected chi connectivity index (χ0v) is 28.0. The molecular weight excluding hydrogens is 692 g/mol. The van der Waals surface area contributed by atoms with E-state index in [-0.39, 0.29) is 28.7 Å². The van der Waals surface area contributed by atoms with Crippen LogP contribution in [0, 0.1) is 6.92 Å². The summed E-state index contributed by atoms with van der Waals surface area (Å²) in [6.07, 6.45) is -7.53. The topological polar surface area (TPSA) is 88.9 Å². The highest BCUT2D eigenvalue weighted by molar-refractivity contribution is 6.05. The second kappa shape index (κ2) is 14.6. The minimum Gasteiger partial charge on any atom is -0.484 e. The van der Waals surface area contributed by atoms with E-state index in [1.807, 2.05) is 12.1 Å². The van der Waals surface area contributed by atoms with Crippen molar-refractivity contribution in [3.05, 3.63) is 113 Å². The highest BCUT2D eigenvalue weighted by Gasteiger charge is 2.31. The van der Waals surface area contributed by atoms with E-state index < -0.39 is 30.4 Å². The van der Waals surface area contributed by atoms with E-state index >= 15 is 0 Å². The number of alkyl halides is 6. The van der Waals surface area contributed by atoms with E-state index in [4.69, 9.17) is 9.47 Å². The third-order valence-electron chi connectivity index (χ3n) is 8.64. The Hall–Kier alpha value is -5.57. The van der Waals surface area contributed by atoms with Crippen LogP contribution >= 0.6 is 0 Å². The van der Waals surface area contributed by atoms with E-state index in [9.17, 15) is 35.9 Å². The fraction of sp³-hybridized carbons (Fsp3) is 0.270. The van der Waals surface area contributed by atoms with Crippen LogP contribution in [-0.2, 0) is 19.8 Å². The lowest BCUT2D eigenvalue weighted by Crippen LogP contribution is -2.48. The quantitative estimate of drug-likeness (QED) is 0.156. The number of nitrogens with one attached hydrogen (secondary N) is 1. The molecule has 0 bridgehead atoms. The first-order chi connectivity index (χ1) is 24.6. The zero-order chi connectivity index (χ0) is 37.2. The lowest BCUT2D eigenvalue weighted by atomic mass is 10.0. The van der Waals surface area contributed by atoms with Crippen molar-refractivity contribution in [1.82, 2.24) is 19.4 Å². The lowest BCUT2D eigenvalue weighted by Gasteiger charge is -2.34. The first-order valence-electron chi connectivity index (χ1n) is 16.2. The Balaban J connectivity index is 1.03. The largest absolute Gasteiger partial charge is 0.484 e. The van der Waals surface area contributed by atoms with Gasteiger partial charge in [0, 0.05) is 62.9 Å². The van der Waals surface area contributed by atoms with Gasteiger partial charge in [-0.1, -0.05) is 12.1 Å². The molecule has 0 unspecified atom stereocenters. The predicted octanol–water partition coefficient (Wildman–Crippen LogP) is 7.84. The maximum absolute atomic E-state index is 13.5. The van der Waals surface area contributed by atoms with Crippen LogP contribution in [0.5, 0.6) is 17.4 Å². The lowest BCUT2D eigenvalue weighted by molar-refractivity contribution is -0.153. The van der Waals surface area contributed by atoms with Crippen molar-refractivity contribution in [3.8, 4) is 17.4 Å². The second-order valence-corrected chi connectivity index (χ2v) is 12.4. The van der Waals surface area contributed by atoms with Crippen molar-refractivity contribution in [3.63, 3.8) is 0 Å². The number of hydrogen-bond acceptors (Lipinski definition) is 6. The van der Waals surface area contributed by atoms with Crippen molar-refractivity contribution >= 4 is 28.4 Å². The standard InChI is InChI=1S/C37H33F6N5O4/c1-23-17-26(37(41,42)43)6-11-30(23)34(49)45-27-7-12-33(44-20-27)52-29-10-5-25-18-32(46(2)31(25)19-29)35(50)48-15-13-47(14-16-48)21-24-3-8-28(9-4-24)51-22-36(38,39)40/h3-12,17-20H,13-16,21-22H2,1-2H3,(H,45,49). The summed E-state index contributed by atoms with van der Waals surface area (Å²) < 4.78 is 88.7. The normalized spacial score (nSPS) is 14.0. The van der Waals surface area contributed by atoms with E-state index in [0.29, 0.717) is 49.9 Å². The Labute approximate surface area is 294 Å². The summed E-state index contributed by atoms with van der Waals surface area (Å²) in [5.74, 6) is 0.158. The van der Waals surface area contributed by atoms with Gasteiger partial charge in [-0.15, -0.1) is 0 Å². The molecular formula is C37H33F6N5O4. The van der Waals surface area contributed by atoms with Gasteiger partial charge in [-0.3, -0.25) is 14.5 Å². The molecule has 1 N–H and O–H groups in total.